The number of amides is 1. The third-order valence-corrected chi connectivity index (χ3v) is 4.94. The van der Waals surface area contributed by atoms with Crippen LogP contribution in [0.25, 0.3) is 11.0 Å². The smallest absolute Gasteiger partial charge is 0.259 e. The van der Waals surface area contributed by atoms with Crippen LogP contribution in [-0.2, 0) is 6.61 Å². The Morgan fingerprint density at radius 3 is 2.52 bits per heavy atom. The number of aryl methyl sites for hydroxylation is 3. The van der Waals surface area contributed by atoms with E-state index in [2.05, 4.69) is 5.32 Å². The van der Waals surface area contributed by atoms with Crippen LogP contribution in [-0.4, -0.2) is 5.91 Å². The number of nitrogens with one attached hydrogen (secondary N) is 1. The maximum atomic E-state index is 13.0. The van der Waals surface area contributed by atoms with Crippen molar-refractivity contribution in [1.29, 1.82) is 0 Å². The molecular formula is C25H23NO3. The first-order valence-corrected chi connectivity index (χ1v) is 9.60. The monoisotopic (exact) mass is 385 g/mol. The molecule has 0 aliphatic heterocycles. The van der Waals surface area contributed by atoms with E-state index in [9.17, 15) is 4.79 Å². The Hall–Kier alpha value is -3.53. The number of hydrogen-bond donors (Lipinski definition) is 1. The maximum Gasteiger partial charge on any atom is 0.259 e. The fraction of sp³-hybridized carbons (Fsp3) is 0.160. The molecule has 0 spiro atoms. The van der Waals surface area contributed by atoms with E-state index in [4.69, 9.17) is 9.15 Å². The molecule has 1 N–H and O–H groups in total. The van der Waals surface area contributed by atoms with Crippen LogP contribution in [0.2, 0.25) is 0 Å². The second-order valence-electron chi connectivity index (χ2n) is 7.24. The summed E-state index contributed by atoms with van der Waals surface area (Å²) in [6.07, 6.45) is 0. The van der Waals surface area contributed by atoms with Crippen molar-refractivity contribution in [3.05, 3.63) is 94.7 Å². The molecule has 0 fully saturated rings. The standard InChI is InChI=1S/C25H23NO3/c1-16-9-11-22(17(2)13-16)26-25(27)24-18(3)29-23-12-10-20(14-21(23)24)28-15-19-7-5-4-6-8-19/h4-14H,15H2,1-3H3,(H,26,27). The van der Waals surface area contributed by atoms with Crippen LogP contribution in [0.3, 0.4) is 0 Å². The van der Waals surface area contributed by atoms with Gasteiger partial charge >= 0.3 is 0 Å². The lowest BCUT2D eigenvalue weighted by molar-refractivity contribution is 0.102. The molecule has 1 heterocycles. The first-order valence-electron chi connectivity index (χ1n) is 9.60. The predicted octanol–water partition coefficient (Wildman–Crippen LogP) is 6.19. The molecule has 0 aliphatic carbocycles. The number of hydrogen-bond acceptors (Lipinski definition) is 3. The van der Waals surface area contributed by atoms with E-state index in [0.29, 0.717) is 29.3 Å². The highest BCUT2D eigenvalue weighted by atomic mass is 16.5. The third-order valence-electron chi connectivity index (χ3n) is 4.94. The molecule has 4 aromatic rings. The number of rotatable bonds is 5. The molecule has 4 nitrogen and oxygen atoms in total. The first kappa shape index (κ1) is 18.8. The number of ether oxygens (including phenoxy) is 1. The maximum absolute atomic E-state index is 13.0. The van der Waals surface area contributed by atoms with Gasteiger partial charge in [-0.15, -0.1) is 0 Å². The van der Waals surface area contributed by atoms with Gasteiger partial charge in [-0.1, -0.05) is 48.0 Å². The van der Waals surface area contributed by atoms with E-state index < -0.39 is 0 Å². The summed E-state index contributed by atoms with van der Waals surface area (Å²) in [4.78, 5) is 13.0. The van der Waals surface area contributed by atoms with Crippen LogP contribution in [0.4, 0.5) is 5.69 Å². The van der Waals surface area contributed by atoms with E-state index in [0.717, 1.165) is 27.8 Å². The summed E-state index contributed by atoms with van der Waals surface area (Å²) in [6, 6.07) is 21.5. The van der Waals surface area contributed by atoms with Gasteiger partial charge < -0.3 is 14.5 Å². The average molecular weight is 385 g/mol. The Morgan fingerprint density at radius 2 is 1.76 bits per heavy atom. The Labute approximate surface area is 170 Å². The molecule has 4 heteroatoms. The summed E-state index contributed by atoms with van der Waals surface area (Å²) in [6.45, 7) is 6.29. The highest BCUT2D eigenvalue weighted by molar-refractivity contribution is 6.13. The van der Waals surface area contributed by atoms with E-state index in [1.807, 2.05) is 80.6 Å². The van der Waals surface area contributed by atoms with Gasteiger partial charge in [0.15, 0.2) is 0 Å². The van der Waals surface area contributed by atoms with Crippen molar-refractivity contribution in [2.75, 3.05) is 5.32 Å². The molecule has 29 heavy (non-hydrogen) atoms. The highest BCUT2D eigenvalue weighted by Gasteiger charge is 2.19. The van der Waals surface area contributed by atoms with Gasteiger partial charge in [0.05, 0.1) is 5.56 Å². The average Bonchev–Trinajstić information content (AvgIpc) is 3.04. The normalized spacial score (nSPS) is 10.9. The van der Waals surface area contributed by atoms with Gasteiger partial charge in [0.2, 0.25) is 0 Å². The molecule has 0 bridgehead atoms. The molecule has 0 atom stereocenters. The SMILES string of the molecule is Cc1ccc(NC(=O)c2c(C)oc3ccc(OCc4ccccc4)cc23)c(C)c1. The molecule has 0 radical (unpaired) electrons. The van der Waals surface area contributed by atoms with Crippen LogP contribution in [0.1, 0.15) is 32.8 Å². The van der Waals surface area contributed by atoms with Gasteiger partial charge in [-0.25, -0.2) is 0 Å². The van der Waals surface area contributed by atoms with Crippen molar-refractivity contribution in [2.45, 2.75) is 27.4 Å². The largest absolute Gasteiger partial charge is 0.489 e. The highest BCUT2D eigenvalue weighted by Crippen LogP contribution is 2.30. The van der Waals surface area contributed by atoms with Crippen molar-refractivity contribution < 1.29 is 13.9 Å². The zero-order valence-electron chi connectivity index (χ0n) is 16.8. The Bertz CT molecular complexity index is 1180. The molecular weight excluding hydrogens is 362 g/mol. The van der Waals surface area contributed by atoms with Crippen molar-refractivity contribution in [2.24, 2.45) is 0 Å². The van der Waals surface area contributed by atoms with Gasteiger partial charge in [0.25, 0.3) is 5.91 Å². The van der Waals surface area contributed by atoms with Crippen LogP contribution < -0.4 is 10.1 Å². The van der Waals surface area contributed by atoms with Crippen molar-refractivity contribution in [1.82, 2.24) is 0 Å². The quantitative estimate of drug-likeness (QED) is 0.446. The Balaban J connectivity index is 1.61. The van der Waals surface area contributed by atoms with E-state index in [1.54, 1.807) is 6.92 Å². The van der Waals surface area contributed by atoms with Crippen LogP contribution in [0.15, 0.2) is 71.1 Å². The molecule has 4 rings (SSSR count). The lowest BCUT2D eigenvalue weighted by Crippen LogP contribution is -2.13. The number of furan rings is 1. The van der Waals surface area contributed by atoms with Crippen molar-refractivity contribution in [3.63, 3.8) is 0 Å². The lowest BCUT2D eigenvalue weighted by Gasteiger charge is -2.09. The molecule has 0 unspecified atom stereocenters. The van der Waals surface area contributed by atoms with E-state index in [1.165, 1.54) is 0 Å². The van der Waals surface area contributed by atoms with Gasteiger partial charge in [0, 0.05) is 11.1 Å². The van der Waals surface area contributed by atoms with E-state index >= 15 is 0 Å². The number of fused-ring (bicyclic) bond motifs is 1. The number of carbonyl (C=O) groups is 1. The summed E-state index contributed by atoms with van der Waals surface area (Å²) in [5, 5.41) is 3.76. The minimum Gasteiger partial charge on any atom is -0.489 e. The lowest BCUT2D eigenvalue weighted by atomic mass is 10.1. The zero-order valence-corrected chi connectivity index (χ0v) is 16.8. The van der Waals surface area contributed by atoms with E-state index in [-0.39, 0.29) is 5.91 Å². The first-order chi connectivity index (χ1) is 14.0. The molecule has 0 aliphatic rings. The summed E-state index contributed by atoms with van der Waals surface area (Å²) in [7, 11) is 0. The molecule has 1 aromatic heterocycles. The van der Waals surface area contributed by atoms with Gasteiger partial charge in [-0.3, -0.25) is 4.79 Å². The van der Waals surface area contributed by atoms with Gasteiger partial charge in [-0.2, -0.15) is 0 Å². The predicted molar refractivity (Wildman–Crippen MR) is 116 cm³/mol. The third kappa shape index (κ3) is 4.02. The summed E-state index contributed by atoms with van der Waals surface area (Å²) in [5.41, 5.74) is 5.27. The number of benzene rings is 3. The Kier molecular flexibility index (Phi) is 5.09. The fourth-order valence-corrected chi connectivity index (χ4v) is 3.45. The summed E-state index contributed by atoms with van der Waals surface area (Å²) >= 11 is 0. The molecule has 0 saturated carbocycles. The fourth-order valence-electron chi connectivity index (χ4n) is 3.45. The van der Waals surface area contributed by atoms with Gasteiger partial charge in [-0.05, 0) is 56.2 Å². The molecule has 3 aromatic carbocycles. The topological polar surface area (TPSA) is 51.5 Å². The number of carbonyl (C=O) groups excluding carboxylic acids is 1. The van der Waals surface area contributed by atoms with Crippen molar-refractivity contribution in [3.8, 4) is 5.75 Å². The molecule has 0 saturated heterocycles. The van der Waals surface area contributed by atoms with Crippen molar-refractivity contribution >= 4 is 22.6 Å². The molecule has 146 valence electrons. The summed E-state index contributed by atoms with van der Waals surface area (Å²) in [5.74, 6) is 1.10. The van der Waals surface area contributed by atoms with Crippen LogP contribution in [0.5, 0.6) is 5.75 Å². The van der Waals surface area contributed by atoms with Gasteiger partial charge in [0.1, 0.15) is 23.7 Å². The number of anilines is 1. The minimum atomic E-state index is -0.187. The zero-order chi connectivity index (χ0) is 20.4. The molecule has 1 amide bonds. The Morgan fingerprint density at radius 1 is 0.966 bits per heavy atom. The van der Waals surface area contributed by atoms with Crippen LogP contribution in [0, 0.1) is 20.8 Å². The van der Waals surface area contributed by atoms with Crippen LogP contribution >= 0.6 is 0 Å². The second kappa shape index (κ2) is 7.84. The second-order valence-corrected chi connectivity index (χ2v) is 7.24. The minimum absolute atomic E-state index is 0.187. The summed E-state index contributed by atoms with van der Waals surface area (Å²) < 4.78 is 11.7.